The van der Waals surface area contributed by atoms with Crippen LogP contribution in [0.2, 0.25) is 0 Å². The molecule has 0 spiro atoms. The molecule has 0 aliphatic carbocycles. The van der Waals surface area contributed by atoms with Gasteiger partial charge < -0.3 is 13.4 Å². The Hall–Kier alpha value is -8.61. The predicted molar refractivity (Wildman–Crippen MR) is 256 cm³/mol. The van der Waals surface area contributed by atoms with E-state index in [9.17, 15) is 0 Å². The van der Waals surface area contributed by atoms with Crippen LogP contribution in [-0.4, -0.2) is 19.5 Å². The highest BCUT2D eigenvalue weighted by atomic mass is 16.3. The van der Waals surface area contributed by atoms with Crippen LogP contribution in [0.15, 0.2) is 215 Å². The minimum Gasteiger partial charge on any atom is -0.456 e. The zero-order valence-electron chi connectivity index (χ0n) is 33.7. The Kier molecular flexibility index (Phi) is 7.80. The van der Waals surface area contributed by atoms with Crippen molar-refractivity contribution in [3.8, 4) is 62.1 Å². The Morgan fingerprint density at radius 2 is 0.714 bits per heavy atom. The van der Waals surface area contributed by atoms with E-state index in [1.165, 1.54) is 0 Å². The first-order valence-corrected chi connectivity index (χ1v) is 21.1. The molecule has 0 aliphatic rings. The summed E-state index contributed by atoms with van der Waals surface area (Å²) in [4.78, 5) is 15.9. The van der Waals surface area contributed by atoms with E-state index < -0.39 is 0 Å². The lowest BCUT2D eigenvalue weighted by atomic mass is 9.91. The van der Waals surface area contributed by atoms with Gasteiger partial charge in [-0.25, -0.2) is 15.0 Å². The highest BCUT2D eigenvalue weighted by Crippen LogP contribution is 2.48. The average Bonchev–Trinajstić information content (AvgIpc) is 4.04. The standard InChI is InChI=1S/C57H34N4O2/c1-4-17-35(18-5-1)38-25-14-30-46-50(38)51-41(26-15-31-47(51)62-46)42-27-16-32-48-52(42)54-49(63-48)34-33-45(61-43-28-12-10-23-39(43)40-24-11-13-29-44(40)61)53(54)57-59-55(36-19-6-2-7-20-36)58-56(60-57)37-21-8-3-9-22-37/h1-34H. The van der Waals surface area contributed by atoms with Crippen molar-refractivity contribution < 1.29 is 8.83 Å². The second-order valence-corrected chi connectivity index (χ2v) is 15.8. The number of para-hydroxylation sites is 2. The van der Waals surface area contributed by atoms with E-state index in [0.29, 0.717) is 17.5 Å². The second kappa shape index (κ2) is 14.0. The van der Waals surface area contributed by atoms with Gasteiger partial charge in [-0.2, -0.15) is 0 Å². The van der Waals surface area contributed by atoms with E-state index >= 15 is 0 Å². The minimum atomic E-state index is 0.543. The highest BCUT2D eigenvalue weighted by Gasteiger charge is 2.27. The van der Waals surface area contributed by atoms with Gasteiger partial charge in [0.2, 0.25) is 0 Å². The summed E-state index contributed by atoms with van der Waals surface area (Å²) >= 11 is 0. The van der Waals surface area contributed by atoms with Gasteiger partial charge >= 0.3 is 0 Å². The lowest BCUT2D eigenvalue weighted by molar-refractivity contribution is 0.668. The first-order chi connectivity index (χ1) is 31.3. The quantitative estimate of drug-likeness (QED) is 0.167. The minimum absolute atomic E-state index is 0.543. The number of rotatable bonds is 6. The van der Waals surface area contributed by atoms with Crippen LogP contribution in [0.1, 0.15) is 0 Å². The molecule has 0 atom stereocenters. The van der Waals surface area contributed by atoms with Gasteiger partial charge in [0, 0.05) is 43.4 Å². The largest absolute Gasteiger partial charge is 0.456 e. The molecule has 13 rings (SSSR count). The van der Waals surface area contributed by atoms with E-state index in [2.05, 4.69) is 150 Å². The molecule has 9 aromatic carbocycles. The lowest BCUT2D eigenvalue weighted by Crippen LogP contribution is -2.04. The number of hydrogen-bond acceptors (Lipinski definition) is 5. The van der Waals surface area contributed by atoms with Crippen molar-refractivity contribution in [2.24, 2.45) is 0 Å². The fourth-order valence-corrected chi connectivity index (χ4v) is 9.59. The fourth-order valence-electron chi connectivity index (χ4n) is 9.59. The smallest absolute Gasteiger partial charge is 0.166 e. The first-order valence-electron chi connectivity index (χ1n) is 21.1. The summed E-state index contributed by atoms with van der Waals surface area (Å²) in [6.45, 7) is 0. The molecular formula is C57H34N4O2. The van der Waals surface area contributed by atoms with E-state index in [-0.39, 0.29) is 0 Å². The molecular weight excluding hydrogens is 773 g/mol. The Morgan fingerprint density at radius 3 is 1.25 bits per heavy atom. The molecule has 13 aromatic rings. The number of aromatic nitrogens is 4. The van der Waals surface area contributed by atoms with Crippen molar-refractivity contribution in [1.82, 2.24) is 19.5 Å². The van der Waals surface area contributed by atoms with Crippen LogP contribution in [-0.2, 0) is 0 Å². The molecule has 294 valence electrons. The molecule has 0 aliphatic heterocycles. The summed E-state index contributed by atoms with van der Waals surface area (Å²) in [7, 11) is 0. The molecule has 0 radical (unpaired) electrons. The van der Waals surface area contributed by atoms with Crippen molar-refractivity contribution >= 4 is 65.7 Å². The second-order valence-electron chi connectivity index (χ2n) is 15.8. The van der Waals surface area contributed by atoms with E-state index in [4.69, 9.17) is 23.8 Å². The zero-order valence-corrected chi connectivity index (χ0v) is 33.7. The van der Waals surface area contributed by atoms with Crippen molar-refractivity contribution in [2.45, 2.75) is 0 Å². The summed E-state index contributed by atoms with van der Waals surface area (Å²) in [5, 5.41) is 6.32. The van der Waals surface area contributed by atoms with Gasteiger partial charge in [-0.15, -0.1) is 0 Å². The molecule has 0 N–H and O–H groups in total. The summed E-state index contributed by atoms with van der Waals surface area (Å²) in [5.41, 5.74) is 13.2. The molecule has 0 saturated carbocycles. The molecule has 0 bridgehead atoms. The maximum Gasteiger partial charge on any atom is 0.166 e. The number of hydrogen-bond donors (Lipinski definition) is 0. The van der Waals surface area contributed by atoms with Gasteiger partial charge in [0.1, 0.15) is 22.3 Å². The van der Waals surface area contributed by atoms with Crippen LogP contribution in [0, 0.1) is 0 Å². The van der Waals surface area contributed by atoms with Gasteiger partial charge in [0.15, 0.2) is 17.5 Å². The van der Waals surface area contributed by atoms with E-state index in [0.717, 1.165) is 110 Å². The van der Waals surface area contributed by atoms with Gasteiger partial charge in [-0.1, -0.05) is 164 Å². The van der Waals surface area contributed by atoms with Crippen LogP contribution in [0.3, 0.4) is 0 Å². The van der Waals surface area contributed by atoms with Crippen LogP contribution in [0.5, 0.6) is 0 Å². The van der Waals surface area contributed by atoms with Crippen molar-refractivity contribution in [1.29, 1.82) is 0 Å². The predicted octanol–water partition coefficient (Wildman–Crippen LogP) is 15.1. The normalized spacial score (nSPS) is 11.8. The van der Waals surface area contributed by atoms with Gasteiger partial charge in [-0.3, -0.25) is 0 Å². The number of nitrogens with zero attached hydrogens (tertiary/aromatic N) is 4. The Balaban J connectivity index is 1.20. The first kappa shape index (κ1) is 35.2. The Labute approximate surface area is 361 Å². The number of benzene rings is 9. The van der Waals surface area contributed by atoms with Crippen molar-refractivity contribution in [3.63, 3.8) is 0 Å². The van der Waals surface area contributed by atoms with E-state index in [1.807, 2.05) is 60.7 Å². The van der Waals surface area contributed by atoms with Crippen LogP contribution < -0.4 is 0 Å². The molecule has 0 saturated heterocycles. The maximum absolute atomic E-state index is 6.92. The van der Waals surface area contributed by atoms with Gasteiger partial charge in [0.05, 0.1) is 22.3 Å². The molecule has 6 nitrogen and oxygen atoms in total. The average molecular weight is 807 g/mol. The fraction of sp³-hybridized carbons (Fsp3) is 0. The summed E-state index contributed by atoms with van der Waals surface area (Å²) in [6, 6.07) is 71.3. The van der Waals surface area contributed by atoms with Gasteiger partial charge in [-0.05, 0) is 64.7 Å². The molecule has 4 aromatic heterocycles. The molecule has 0 fully saturated rings. The van der Waals surface area contributed by atoms with Gasteiger partial charge in [0.25, 0.3) is 0 Å². The SMILES string of the molecule is c1ccc(-c2nc(-c3ccccc3)nc(-c3c(-n4c5ccccc5c5ccccc54)ccc4oc5cccc(-c6cccc7oc8cccc(-c9ccccc9)c8c67)c5c34)n2)cc1. The summed E-state index contributed by atoms with van der Waals surface area (Å²) in [5.74, 6) is 1.71. The molecule has 0 amide bonds. The van der Waals surface area contributed by atoms with Crippen molar-refractivity contribution in [2.75, 3.05) is 0 Å². The van der Waals surface area contributed by atoms with E-state index in [1.54, 1.807) is 0 Å². The third kappa shape index (κ3) is 5.48. The molecule has 63 heavy (non-hydrogen) atoms. The molecule has 4 heterocycles. The summed E-state index contributed by atoms with van der Waals surface area (Å²) < 4.78 is 15.9. The zero-order chi connectivity index (χ0) is 41.4. The third-order valence-electron chi connectivity index (χ3n) is 12.3. The van der Waals surface area contributed by atoms with Crippen molar-refractivity contribution in [3.05, 3.63) is 206 Å². The van der Waals surface area contributed by atoms with Crippen LogP contribution >= 0.6 is 0 Å². The number of fused-ring (bicyclic) bond motifs is 9. The monoisotopic (exact) mass is 806 g/mol. The topological polar surface area (TPSA) is 69.9 Å². The molecule has 0 unspecified atom stereocenters. The number of furan rings is 2. The molecule has 6 heteroatoms. The lowest BCUT2D eigenvalue weighted by Gasteiger charge is -2.16. The highest BCUT2D eigenvalue weighted by molar-refractivity contribution is 6.24. The summed E-state index contributed by atoms with van der Waals surface area (Å²) in [6.07, 6.45) is 0. The third-order valence-corrected chi connectivity index (χ3v) is 12.3. The maximum atomic E-state index is 6.92. The Morgan fingerprint density at radius 1 is 0.302 bits per heavy atom. The van der Waals surface area contributed by atoms with Crippen LogP contribution in [0.25, 0.3) is 128 Å². The van der Waals surface area contributed by atoms with Crippen LogP contribution in [0.4, 0.5) is 0 Å². The Bertz CT molecular complexity index is 3790.